The number of rotatable bonds is 6. The number of quaternary nitrogens is 1. The van der Waals surface area contributed by atoms with Crippen LogP contribution in [0.15, 0.2) is 0 Å². The molecule has 3 rings (SSSR count). The molecule has 0 radical (unpaired) electrons. The summed E-state index contributed by atoms with van der Waals surface area (Å²) in [5.74, 6) is -0.944. The predicted octanol–water partition coefficient (Wildman–Crippen LogP) is -1.64. The number of fused-ring (bicyclic) bond motifs is 2. The maximum absolute atomic E-state index is 13.1. The third-order valence-electron chi connectivity index (χ3n) is 6.07. The molecule has 0 bridgehead atoms. The van der Waals surface area contributed by atoms with Gasteiger partial charge in [0.15, 0.2) is 12.3 Å². The zero-order valence-corrected chi connectivity index (χ0v) is 15.9. The number of piperidine rings is 2. The quantitative estimate of drug-likeness (QED) is 0.420. The molecule has 0 saturated carbocycles. The van der Waals surface area contributed by atoms with Gasteiger partial charge in [-0.1, -0.05) is 0 Å². The van der Waals surface area contributed by atoms with Crippen LogP contribution in [-0.2, 0) is 14.3 Å². The standard InChI is InChI=1S/C18H33N5O3/c1-11(2)26-9-5-8-23-15(19)12(16(20)24)10-13-17(23)21-14-6-3-4-7-22(14)18(13)25/h11-15,17,21H,3-10,19H2,1-2H3,(H2,20,24)/p+1. The molecule has 148 valence electrons. The van der Waals surface area contributed by atoms with Crippen molar-refractivity contribution in [3.63, 3.8) is 0 Å². The monoisotopic (exact) mass is 368 g/mol. The Morgan fingerprint density at radius 2 is 2.19 bits per heavy atom. The van der Waals surface area contributed by atoms with Crippen LogP contribution in [0.5, 0.6) is 0 Å². The lowest BCUT2D eigenvalue weighted by Gasteiger charge is -2.52. The summed E-state index contributed by atoms with van der Waals surface area (Å²) in [7, 11) is 0. The van der Waals surface area contributed by atoms with Crippen LogP contribution in [-0.4, -0.2) is 61.0 Å². The van der Waals surface area contributed by atoms with E-state index < -0.39 is 11.8 Å². The van der Waals surface area contributed by atoms with Gasteiger partial charge in [0.05, 0.1) is 25.4 Å². The summed E-state index contributed by atoms with van der Waals surface area (Å²) in [6, 6.07) is 0. The van der Waals surface area contributed by atoms with Crippen molar-refractivity contribution >= 4 is 11.8 Å². The molecule has 0 aliphatic carbocycles. The van der Waals surface area contributed by atoms with Gasteiger partial charge in [-0.15, -0.1) is 0 Å². The van der Waals surface area contributed by atoms with Gasteiger partial charge in [0.2, 0.25) is 11.8 Å². The molecular formula is C18H34N5O3+. The SMILES string of the molecule is CC(C)OCCC[NH+]1C(N)C(C(N)=O)CC2C(=O)N3CCCCC3NC21. The Balaban J connectivity index is 1.75. The van der Waals surface area contributed by atoms with Crippen molar-refractivity contribution in [1.29, 1.82) is 0 Å². The molecule has 3 fully saturated rings. The maximum Gasteiger partial charge on any atom is 0.234 e. The Labute approximate surface area is 155 Å². The second kappa shape index (κ2) is 8.21. The molecular weight excluding hydrogens is 334 g/mol. The van der Waals surface area contributed by atoms with Gasteiger partial charge in [-0.3, -0.25) is 15.3 Å². The Morgan fingerprint density at radius 1 is 1.42 bits per heavy atom. The molecule has 3 heterocycles. The molecule has 3 aliphatic rings. The third kappa shape index (κ3) is 3.88. The highest BCUT2D eigenvalue weighted by Crippen LogP contribution is 2.29. The van der Waals surface area contributed by atoms with E-state index in [4.69, 9.17) is 16.2 Å². The number of carbonyl (C=O) groups is 2. The minimum absolute atomic E-state index is 0.0495. The van der Waals surface area contributed by atoms with Crippen molar-refractivity contribution in [2.45, 2.75) is 70.6 Å². The lowest BCUT2D eigenvalue weighted by Crippen LogP contribution is -3.26. The number of nitrogens with two attached hydrogens (primary N) is 2. The lowest BCUT2D eigenvalue weighted by atomic mass is 9.80. The van der Waals surface area contributed by atoms with Crippen LogP contribution in [0.4, 0.5) is 0 Å². The molecule has 8 nitrogen and oxygen atoms in total. The number of primary amides is 1. The van der Waals surface area contributed by atoms with E-state index >= 15 is 0 Å². The first-order chi connectivity index (χ1) is 12.4. The Kier molecular flexibility index (Phi) is 6.17. The lowest BCUT2D eigenvalue weighted by molar-refractivity contribution is -0.965. The summed E-state index contributed by atoms with van der Waals surface area (Å²) < 4.78 is 5.64. The first-order valence-corrected chi connectivity index (χ1v) is 9.98. The van der Waals surface area contributed by atoms with E-state index in [0.717, 1.165) is 43.7 Å². The van der Waals surface area contributed by atoms with Crippen LogP contribution >= 0.6 is 0 Å². The summed E-state index contributed by atoms with van der Waals surface area (Å²) in [5, 5.41) is 3.67. The first-order valence-electron chi connectivity index (χ1n) is 9.98. The second-order valence-corrected chi connectivity index (χ2v) is 8.16. The number of hydrogen-bond donors (Lipinski definition) is 4. The van der Waals surface area contributed by atoms with Gasteiger partial charge in [-0.2, -0.15) is 0 Å². The second-order valence-electron chi connectivity index (χ2n) is 8.16. The highest BCUT2D eigenvalue weighted by Gasteiger charge is 2.54. The average Bonchev–Trinajstić information content (AvgIpc) is 2.60. The van der Waals surface area contributed by atoms with Gasteiger partial charge < -0.3 is 20.3 Å². The highest BCUT2D eigenvalue weighted by molar-refractivity contribution is 5.83. The molecule has 0 aromatic carbocycles. The molecule has 6 atom stereocenters. The fourth-order valence-corrected chi connectivity index (χ4v) is 4.75. The normalized spacial score (nSPS) is 37.4. The summed E-state index contributed by atoms with van der Waals surface area (Å²) in [5.41, 5.74) is 12.1. The highest BCUT2D eigenvalue weighted by atomic mass is 16.5. The number of ether oxygens (including phenoxy) is 1. The average molecular weight is 369 g/mol. The van der Waals surface area contributed by atoms with Gasteiger partial charge in [0.25, 0.3) is 0 Å². The summed E-state index contributed by atoms with van der Waals surface area (Å²) in [6.07, 6.45) is 4.29. The van der Waals surface area contributed by atoms with Crippen LogP contribution < -0.4 is 21.7 Å². The molecule has 0 spiro atoms. The van der Waals surface area contributed by atoms with Crippen molar-refractivity contribution in [3.05, 3.63) is 0 Å². The van der Waals surface area contributed by atoms with Gasteiger partial charge >= 0.3 is 0 Å². The van der Waals surface area contributed by atoms with Crippen LogP contribution in [0.1, 0.15) is 46.0 Å². The molecule has 0 aromatic rings. The summed E-state index contributed by atoms with van der Waals surface area (Å²) in [6.45, 7) is 6.22. The Bertz CT molecular complexity index is 529. The first kappa shape index (κ1) is 19.5. The molecule has 3 aliphatic heterocycles. The number of nitrogens with zero attached hydrogens (tertiary/aromatic N) is 1. The zero-order valence-electron chi connectivity index (χ0n) is 15.9. The number of amides is 2. The predicted molar refractivity (Wildman–Crippen MR) is 96.6 cm³/mol. The Hall–Kier alpha value is -1.22. The van der Waals surface area contributed by atoms with Gasteiger partial charge in [0.1, 0.15) is 11.8 Å². The van der Waals surface area contributed by atoms with Crippen LogP contribution in [0.25, 0.3) is 0 Å². The largest absolute Gasteiger partial charge is 0.379 e. The number of carbonyl (C=O) groups excluding carboxylic acids is 2. The molecule has 6 N–H and O–H groups in total. The van der Waals surface area contributed by atoms with Gasteiger partial charge in [-0.25, -0.2) is 5.32 Å². The summed E-state index contributed by atoms with van der Waals surface area (Å²) >= 11 is 0. The van der Waals surface area contributed by atoms with Crippen molar-refractivity contribution in [2.24, 2.45) is 23.3 Å². The fourth-order valence-electron chi connectivity index (χ4n) is 4.75. The van der Waals surface area contributed by atoms with E-state index in [1.807, 2.05) is 18.7 Å². The molecule has 6 unspecified atom stereocenters. The fraction of sp³-hybridized carbons (Fsp3) is 0.889. The number of likely N-dealkylation sites (tertiary alicyclic amines) is 1. The maximum atomic E-state index is 13.1. The van der Waals surface area contributed by atoms with Crippen LogP contribution in [0.3, 0.4) is 0 Å². The zero-order chi connectivity index (χ0) is 18.8. The van der Waals surface area contributed by atoms with Gasteiger partial charge in [0, 0.05) is 13.0 Å². The van der Waals surface area contributed by atoms with Crippen molar-refractivity contribution < 1.29 is 19.2 Å². The molecule has 26 heavy (non-hydrogen) atoms. The molecule has 3 saturated heterocycles. The van der Waals surface area contributed by atoms with E-state index in [2.05, 4.69) is 5.32 Å². The van der Waals surface area contributed by atoms with E-state index in [1.54, 1.807) is 0 Å². The minimum atomic E-state index is -0.468. The van der Waals surface area contributed by atoms with Crippen molar-refractivity contribution in [3.8, 4) is 0 Å². The van der Waals surface area contributed by atoms with E-state index in [0.29, 0.717) is 13.0 Å². The third-order valence-corrected chi connectivity index (χ3v) is 6.07. The molecule has 8 heteroatoms. The number of nitrogens with one attached hydrogen (secondary N) is 2. The van der Waals surface area contributed by atoms with E-state index in [9.17, 15) is 9.59 Å². The van der Waals surface area contributed by atoms with Crippen molar-refractivity contribution in [1.82, 2.24) is 10.2 Å². The molecule has 2 amide bonds. The van der Waals surface area contributed by atoms with E-state index in [1.165, 1.54) is 0 Å². The Morgan fingerprint density at radius 3 is 2.88 bits per heavy atom. The van der Waals surface area contributed by atoms with Gasteiger partial charge in [-0.05, 0) is 39.5 Å². The smallest absolute Gasteiger partial charge is 0.234 e. The minimum Gasteiger partial charge on any atom is -0.379 e. The topological polar surface area (TPSA) is 115 Å². The molecule has 0 aromatic heterocycles. The number of hydrogen-bond acceptors (Lipinski definition) is 5. The van der Waals surface area contributed by atoms with Crippen LogP contribution in [0, 0.1) is 11.8 Å². The summed E-state index contributed by atoms with van der Waals surface area (Å²) in [4.78, 5) is 28.1. The van der Waals surface area contributed by atoms with Crippen molar-refractivity contribution in [2.75, 3.05) is 19.7 Å². The van der Waals surface area contributed by atoms with E-state index in [-0.39, 0.29) is 36.4 Å². The van der Waals surface area contributed by atoms with Crippen LogP contribution in [0.2, 0.25) is 0 Å².